The lowest BCUT2D eigenvalue weighted by atomic mass is 10.2. The zero-order chi connectivity index (χ0) is 17.4. The lowest BCUT2D eigenvalue weighted by Crippen LogP contribution is -2.25. The Labute approximate surface area is 148 Å². The van der Waals surface area contributed by atoms with E-state index in [1.54, 1.807) is 49.5 Å². The third-order valence-electron chi connectivity index (χ3n) is 3.97. The first-order chi connectivity index (χ1) is 12.1. The molecule has 0 saturated heterocycles. The largest absolute Gasteiger partial charge is 0.454 e. The molecule has 0 spiro atoms. The number of fused-ring (bicyclic) bond motifs is 2. The van der Waals surface area contributed by atoms with Gasteiger partial charge in [-0.25, -0.2) is 0 Å². The molecule has 2 heterocycles. The molecule has 5 nitrogen and oxygen atoms in total. The van der Waals surface area contributed by atoms with E-state index in [-0.39, 0.29) is 11.8 Å². The predicted octanol–water partition coefficient (Wildman–Crippen LogP) is 4.38. The number of hydrogen-bond donors (Lipinski definition) is 1. The van der Waals surface area contributed by atoms with Crippen LogP contribution in [0.25, 0.3) is 0 Å². The van der Waals surface area contributed by atoms with E-state index < -0.39 is 0 Å². The fraction of sp³-hybridized carbons (Fsp3) is 0.0526. The number of ether oxygens (including phenoxy) is 1. The minimum Gasteiger partial charge on any atom is -0.454 e. The molecule has 0 unspecified atom stereocenters. The molecule has 1 aliphatic heterocycles. The first kappa shape index (κ1) is 15.4. The number of carbonyl (C=O) groups is 2. The van der Waals surface area contributed by atoms with Crippen molar-refractivity contribution in [2.24, 2.45) is 0 Å². The monoisotopic (exact) mass is 350 g/mol. The Hall–Kier alpha value is -3.12. The number of thiophene rings is 1. The number of rotatable bonds is 2. The van der Waals surface area contributed by atoms with Gasteiger partial charge in [-0.3, -0.25) is 9.59 Å². The van der Waals surface area contributed by atoms with Gasteiger partial charge in [0, 0.05) is 12.7 Å². The Morgan fingerprint density at radius 3 is 2.72 bits per heavy atom. The molecule has 124 valence electrons. The average molecular weight is 350 g/mol. The summed E-state index contributed by atoms with van der Waals surface area (Å²) in [6, 6.07) is 16.0. The van der Waals surface area contributed by atoms with Crippen LogP contribution in [0.1, 0.15) is 20.0 Å². The predicted molar refractivity (Wildman–Crippen MR) is 98.0 cm³/mol. The van der Waals surface area contributed by atoms with Gasteiger partial charge in [-0.15, -0.1) is 11.3 Å². The fourth-order valence-corrected chi connectivity index (χ4v) is 3.30. The number of para-hydroxylation sites is 1. The van der Waals surface area contributed by atoms with E-state index in [4.69, 9.17) is 4.74 Å². The van der Waals surface area contributed by atoms with Crippen molar-refractivity contribution in [3.63, 3.8) is 0 Å². The van der Waals surface area contributed by atoms with Gasteiger partial charge in [0.25, 0.3) is 11.8 Å². The summed E-state index contributed by atoms with van der Waals surface area (Å²) in [5, 5.41) is 4.70. The summed E-state index contributed by atoms with van der Waals surface area (Å²) >= 11 is 1.37. The smallest absolute Gasteiger partial charge is 0.265 e. The second kappa shape index (κ2) is 6.07. The van der Waals surface area contributed by atoms with Gasteiger partial charge in [0.1, 0.15) is 5.75 Å². The molecule has 2 amide bonds. The Bertz CT molecular complexity index is 967. The molecule has 0 saturated carbocycles. The maximum atomic E-state index is 12.7. The van der Waals surface area contributed by atoms with Crippen molar-refractivity contribution < 1.29 is 14.3 Å². The van der Waals surface area contributed by atoms with Crippen LogP contribution in [0.3, 0.4) is 0 Å². The van der Waals surface area contributed by atoms with Crippen molar-refractivity contribution in [3.8, 4) is 11.5 Å². The first-order valence-electron chi connectivity index (χ1n) is 7.67. The molecule has 6 heteroatoms. The van der Waals surface area contributed by atoms with Gasteiger partial charge in [0.15, 0.2) is 5.75 Å². The van der Waals surface area contributed by atoms with Crippen molar-refractivity contribution >= 4 is 34.5 Å². The van der Waals surface area contributed by atoms with Crippen molar-refractivity contribution in [2.75, 3.05) is 17.3 Å². The van der Waals surface area contributed by atoms with Crippen LogP contribution in [0.4, 0.5) is 11.4 Å². The Kier molecular flexibility index (Phi) is 3.74. The standard InChI is InChI=1S/C19H14N2O3S/c1-21-14-11-12(20-18(22)17-7-4-10-25-17)8-9-16(14)24-15-6-3-2-5-13(15)19(21)23/h2-11H,1H3,(H,20,22). The SMILES string of the molecule is CN1C(=O)c2ccccc2Oc2ccc(NC(=O)c3cccs3)cc21. The highest BCUT2D eigenvalue weighted by atomic mass is 32.1. The molecular formula is C19H14N2O3S. The summed E-state index contributed by atoms with van der Waals surface area (Å²) in [6.07, 6.45) is 0. The number of nitrogens with zero attached hydrogens (tertiary/aromatic N) is 1. The molecule has 1 N–H and O–H groups in total. The van der Waals surface area contributed by atoms with E-state index in [1.807, 2.05) is 17.5 Å². The van der Waals surface area contributed by atoms with E-state index >= 15 is 0 Å². The van der Waals surface area contributed by atoms with Crippen molar-refractivity contribution in [1.29, 1.82) is 0 Å². The van der Waals surface area contributed by atoms with E-state index in [0.29, 0.717) is 33.3 Å². The Morgan fingerprint density at radius 1 is 1.08 bits per heavy atom. The second-order valence-electron chi connectivity index (χ2n) is 5.58. The summed E-state index contributed by atoms with van der Waals surface area (Å²) in [7, 11) is 1.69. The molecule has 1 aliphatic rings. The van der Waals surface area contributed by atoms with E-state index in [9.17, 15) is 9.59 Å². The van der Waals surface area contributed by atoms with Gasteiger partial charge in [-0.1, -0.05) is 18.2 Å². The van der Waals surface area contributed by atoms with E-state index in [2.05, 4.69) is 5.32 Å². The van der Waals surface area contributed by atoms with Crippen molar-refractivity contribution in [1.82, 2.24) is 0 Å². The topological polar surface area (TPSA) is 58.6 Å². The Morgan fingerprint density at radius 2 is 1.92 bits per heavy atom. The molecule has 0 radical (unpaired) electrons. The number of benzene rings is 2. The molecular weight excluding hydrogens is 336 g/mol. The quantitative estimate of drug-likeness (QED) is 0.746. The number of nitrogens with one attached hydrogen (secondary N) is 1. The highest BCUT2D eigenvalue weighted by Gasteiger charge is 2.25. The molecule has 1 aromatic heterocycles. The number of amides is 2. The van der Waals surface area contributed by atoms with Gasteiger partial charge in [-0.2, -0.15) is 0 Å². The van der Waals surface area contributed by atoms with Crippen molar-refractivity contribution in [3.05, 3.63) is 70.4 Å². The molecule has 3 aromatic rings. The fourth-order valence-electron chi connectivity index (χ4n) is 2.68. The lowest BCUT2D eigenvalue weighted by molar-refractivity contribution is 0.0991. The van der Waals surface area contributed by atoms with E-state index in [1.165, 1.54) is 16.2 Å². The zero-order valence-corrected chi connectivity index (χ0v) is 14.2. The van der Waals surface area contributed by atoms with E-state index in [0.717, 1.165) is 0 Å². The van der Waals surface area contributed by atoms with Crippen LogP contribution in [0.5, 0.6) is 11.5 Å². The molecule has 25 heavy (non-hydrogen) atoms. The van der Waals surface area contributed by atoms with Crippen LogP contribution in [-0.2, 0) is 0 Å². The molecule has 4 rings (SSSR count). The first-order valence-corrected chi connectivity index (χ1v) is 8.55. The summed E-state index contributed by atoms with van der Waals surface area (Å²) in [5.41, 5.74) is 1.71. The highest BCUT2D eigenvalue weighted by Crippen LogP contribution is 2.39. The average Bonchev–Trinajstić information content (AvgIpc) is 3.14. The number of carbonyl (C=O) groups excluding carboxylic acids is 2. The van der Waals surface area contributed by atoms with Crippen LogP contribution in [0, 0.1) is 0 Å². The second-order valence-corrected chi connectivity index (χ2v) is 6.52. The van der Waals surface area contributed by atoms with Crippen LogP contribution in [-0.4, -0.2) is 18.9 Å². The third kappa shape index (κ3) is 2.77. The van der Waals surface area contributed by atoms with Gasteiger partial charge in [-0.05, 0) is 41.8 Å². The molecule has 0 bridgehead atoms. The van der Waals surface area contributed by atoms with Crippen LogP contribution >= 0.6 is 11.3 Å². The number of hydrogen-bond acceptors (Lipinski definition) is 4. The van der Waals surface area contributed by atoms with Gasteiger partial charge >= 0.3 is 0 Å². The Balaban J connectivity index is 1.69. The highest BCUT2D eigenvalue weighted by molar-refractivity contribution is 7.12. The summed E-state index contributed by atoms with van der Waals surface area (Å²) < 4.78 is 5.90. The molecule has 0 aliphatic carbocycles. The van der Waals surface area contributed by atoms with Crippen molar-refractivity contribution in [2.45, 2.75) is 0 Å². The lowest BCUT2D eigenvalue weighted by Gasteiger charge is -2.17. The maximum Gasteiger partial charge on any atom is 0.265 e. The summed E-state index contributed by atoms with van der Waals surface area (Å²) in [4.78, 5) is 27.1. The zero-order valence-electron chi connectivity index (χ0n) is 13.4. The summed E-state index contributed by atoms with van der Waals surface area (Å²) in [5.74, 6) is 0.751. The molecule has 0 fully saturated rings. The summed E-state index contributed by atoms with van der Waals surface area (Å²) in [6.45, 7) is 0. The molecule has 0 atom stereocenters. The van der Waals surface area contributed by atoms with Gasteiger partial charge in [0.2, 0.25) is 0 Å². The maximum absolute atomic E-state index is 12.7. The van der Waals surface area contributed by atoms with Gasteiger partial charge < -0.3 is 15.0 Å². The van der Waals surface area contributed by atoms with Gasteiger partial charge in [0.05, 0.1) is 16.1 Å². The third-order valence-corrected chi connectivity index (χ3v) is 4.83. The van der Waals surface area contributed by atoms with Crippen LogP contribution < -0.4 is 15.0 Å². The molecule has 2 aromatic carbocycles. The minimum atomic E-state index is -0.179. The number of anilines is 2. The minimum absolute atomic E-state index is 0.156. The van der Waals surface area contributed by atoms with Crippen LogP contribution in [0.2, 0.25) is 0 Å². The normalized spacial score (nSPS) is 12.7. The van der Waals surface area contributed by atoms with Crippen LogP contribution in [0.15, 0.2) is 60.0 Å².